The summed E-state index contributed by atoms with van der Waals surface area (Å²) in [5, 5.41) is 23.4. The van der Waals surface area contributed by atoms with Gasteiger partial charge in [0.15, 0.2) is 11.5 Å². The van der Waals surface area contributed by atoms with Crippen molar-refractivity contribution in [3.8, 4) is 11.5 Å². The predicted molar refractivity (Wildman–Crippen MR) is 133 cm³/mol. The van der Waals surface area contributed by atoms with Gasteiger partial charge in [-0.1, -0.05) is 18.2 Å². The molecule has 36 heavy (non-hydrogen) atoms. The Labute approximate surface area is 215 Å². The maximum Gasteiger partial charge on any atom is 0.261 e. The standard InChI is InChI=1S/C28H28N2O5.ClH/c31-20-8-7-16-13-21-28(34)10-9-19(30-25(32)17-3-1-2-4-18(17)26(30)33)24-27(28,22(16)23(20)35-24)11-12-29(21)14-15-5-6-15;/h1-4,7-8,15,19,21,24,31,34H,5-6,9-14H2;1H/t19-,21-,24-,27+,28-;/m1./s1. The monoisotopic (exact) mass is 508 g/mol. The first-order valence-electron chi connectivity index (χ1n) is 12.9. The topological polar surface area (TPSA) is 90.3 Å². The van der Waals surface area contributed by atoms with Gasteiger partial charge in [0.25, 0.3) is 11.8 Å². The zero-order valence-electron chi connectivity index (χ0n) is 19.9. The molecule has 3 heterocycles. The number of aromatic hydroxyl groups is 1. The van der Waals surface area contributed by atoms with Crippen molar-refractivity contribution < 1.29 is 24.5 Å². The summed E-state index contributed by atoms with van der Waals surface area (Å²) >= 11 is 0. The number of piperidine rings is 1. The van der Waals surface area contributed by atoms with E-state index in [1.54, 1.807) is 30.3 Å². The van der Waals surface area contributed by atoms with E-state index in [2.05, 4.69) is 4.90 Å². The molecule has 5 atom stereocenters. The fourth-order valence-electron chi connectivity index (χ4n) is 8.23. The molecule has 2 saturated carbocycles. The van der Waals surface area contributed by atoms with Gasteiger partial charge >= 0.3 is 0 Å². The van der Waals surface area contributed by atoms with Crippen LogP contribution in [0.2, 0.25) is 0 Å². The number of carbonyl (C=O) groups is 2. The van der Waals surface area contributed by atoms with Crippen molar-refractivity contribution in [2.75, 3.05) is 13.1 Å². The smallest absolute Gasteiger partial charge is 0.261 e. The van der Waals surface area contributed by atoms with Crippen LogP contribution >= 0.6 is 12.4 Å². The van der Waals surface area contributed by atoms with Crippen LogP contribution in [-0.2, 0) is 11.8 Å². The summed E-state index contributed by atoms with van der Waals surface area (Å²) in [6.45, 7) is 1.85. The Hall–Kier alpha value is -2.61. The lowest BCUT2D eigenvalue weighted by atomic mass is 9.48. The number of phenols is 1. The first-order valence-corrected chi connectivity index (χ1v) is 12.9. The van der Waals surface area contributed by atoms with Gasteiger partial charge in [-0.15, -0.1) is 12.4 Å². The average molecular weight is 509 g/mol. The third-order valence-corrected chi connectivity index (χ3v) is 9.89. The molecule has 1 spiro atoms. The van der Waals surface area contributed by atoms with E-state index in [9.17, 15) is 19.8 Å². The third-order valence-electron chi connectivity index (χ3n) is 9.89. The summed E-state index contributed by atoms with van der Waals surface area (Å²) in [6, 6.07) is 10.1. The Balaban J connectivity index is 0.00000220. The molecular weight excluding hydrogens is 480 g/mol. The molecule has 3 fully saturated rings. The summed E-state index contributed by atoms with van der Waals surface area (Å²) in [6.07, 6.45) is 4.31. The number of aliphatic hydroxyl groups is 1. The predicted octanol–water partition coefficient (Wildman–Crippen LogP) is 3.04. The maximum absolute atomic E-state index is 13.5. The van der Waals surface area contributed by atoms with Crippen molar-refractivity contribution in [1.82, 2.24) is 9.80 Å². The molecule has 8 heteroatoms. The summed E-state index contributed by atoms with van der Waals surface area (Å²) in [7, 11) is 0. The van der Waals surface area contributed by atoms with E-state index >= 15 is 0 Å². The molecule has 2 aromatic rings. The number of rotatable bonds is 3. The molecule has 0 radical (unpaired) electrons. The van der Waals surface area contributed by atoms with Gasteiger partial charge in [0.2, 0.25) is 0 Å². The van der Waals surface area contributed by atoms with Crippen LogP contribution in [0.5, 0.6) is 11.5 Å². The van der Waals surface area contributed by atoms with Crippen molar-refractivity contribution >= 4 is 24.2 Å². The van der Waals surface area contributed by atoms with Gasteiger partial charge in [-0.2, -0.15) is 0 Å². The zero-order chi connectivity index (χ0) is 23.7. The Morgan fingerprint density at radius 3 is 2.42 bits per heavy atom. The molecule has 7 nitrogen and oxygen atoms in total. The number of halogens is 1. The van der Waals surface area contributed by atoms with Gasteiger partial charge in [-0.3, -0.25) is 19.4 Å². The van der Waals surface area contributed by atoms with Crippen LogP contribution in [0.1, 0.15) is 63.9 Å². The minimum atomic E-state index is -1.04. The van der Waals surface area contributed by atoms with Crippen LogP contribution in [0.4, 0.5) is 0 Å². The summed E-state index contributed by atoms with van der Waals surface area (Å²) in [4.78, 5) is 30.8. The first kappa shape index (κ1) is 22.6. The third kappa shape index (κ3) is 2.51. The number of phenolic OH excluding ortho intramolecular Hbond substituents is 1. The number of hydrogen-bond acceptors (Lipinski definition) is 6. The largest absolute Gasteiger partial charge is 0.504 e. The highest BCUT2D eigenvalue weighted by atomic mass is 35.5. The van der Waals surface area contributed by atoms with Gasteiger partial charge in [0.1, 0.15) is 6.10 Å². The van der Waals surface area contributed by atoms with Gasteiger partial charge in [0.05, 0.1) is 28.2 Å². The van der Waals surface area contributed by atoms with Crippen molar-refractivity contribution in [3.05, 3.63) is 58.7 Å². The van der Waals surface area contributed by atoms with E-state index in [1.165, 1.54) is 17.7 Å². The Morgan fingerprint density at radius 2 is 1.72 bits per heavy atom. The van der Waals surface area contributed by atoms with E-state index in [1.807, 2.05) is 6.07 Å². The molecule has 3 aliphatic carbocycles. The molecule has 3 aliphatic heterocycles. The lowest BCUT2D eigenvalue weighted by molar-refractivity contribution is -0.196. The molecule has 2 bridgehead atoms. The number of benzene rings is 2. The molecule has 0 unspecified atom stereocenters. The fraction of sp³-hybridized carbons (Fsp3) is 0.500. The molecule has 8 rings (SSSR count). The molecule has 2 N–H and O–H groups in total. The van der Waals surface area contributed by atoms with Crippen LogP contribution in [0.15, 0.2) is 36.4 Å². The first-order chi connectivity index (χ1) is 16.9. The van der Waals surface area contributed by atoms with Crippen LogP contribution < -0.4 is 4.74 Å². The molecule has 0 aromatic heterocycles. The summed E-state index contributed by atoms with van der Waals surface area (Å²) in [5.41, 5.74) is 1.09. The van der Waals surface area contributed by atoms with Crippen molar-refractivity contribution in [2.24, 2.45) is 5.92 Å². The fourth-order valence-corrected chi connectivity index (χ4v) is 8.23. The second-order valence-corrected chi connectivity index (χ2v) is 11.4. The van der Waals surface area contributed by atoms with Crippen LogP contribution in [0.25, 0.3) is 0 Å². The Kier molecular flexibility index (Phi) is 4.54. The maximum atomic E-state index is 13.5. The number of amides is 2. The minimum Gasteiger partial charge on any atom is -0.504 e. The Morgan fingerprint density at radius 1 is 1.00 bits per heavy atom. The van der Waals surface area contributed by atoms with Gasteiger partial charge < -0.3 is 14.9 Å². The normalized spacial score (nSPS) is 35.7. The van der Waals surface area contributed by atoms with Crippen LogP contribution in [-0.4, -0.2) is 68.7 Å². The molecule has 6 aliphatic rings. The quantitative estimate of drug-likeness (QED) is 0.619. The van der Waals surface area contributed by atoms with Crippen molar-refractivity contribution in [1.29, 1.82) is 0 Å². The summed E-state index contributed by atoms with van der Waals surface area (Å²) < 4.78 is 6.55. The number of fused-ring (bicyclic) bond motifs is 1. The SMILES string of the molecule is Cl.O=C1c2ccccc2C(=O)N1[C@@H]1CC[C@@]2(O)[C@H]3Cc4ccc(O)c5c4[C@@]2(CCN3CC2CC2)[C@@H]1O5. The highest BCUT2D eigenvalue weighted by molar-refractivity contribution is 6.21. The zero-order valence-corrected chi connectivity index (χ0v) is 20.7. The summed E-state index contributed by atoms with van der Waals surface area (Å²) in [5.74, 6) is 0.632. The van der Waals surface area contributed by atoms with E-state index in [0.29, 0.717) is 36.1 Å². The molecule has 1 saturated heterocycles. The Bertz CT molecular complexity index is 1290. The lowest BCUT2D eigenvalue weighted by Gasteiger charge is -2.64. The van der Waals surface area contributed by atoms with E-state index in [-0.39, 0.29) is 36.0 Å². The number of imide groups is 1. The minimum absolute atomic E-state index is 0. The number of carbonyl (C=O) groups excluding carboxylic acids is 2. The highest BCUT2D eigenvalue weighted by Crippen LogP contribution is 2.66. The second kappa shape index (κ2) is 7.24. The number of hydrogen-bond donors (Lipinski definition) is 2. The van der Waals surface area contributed by atoms with E-state index < -0.39 is 23.2 Å². The molecule has 188 valence electrons. The second-order valence-electron chi connectivity index (χ2n) is 11.4. The highest BCUT2D eigenvalue weighted by Gasteiger charge is 2.74. The molecule has 2 aromatic carbocycles. The van der Waals surface area contributed by atoms with E-state index in [0.717, 1.165) is 36.6 Å². The number of nitrogens with zero attached hydrogens (tertiary/aromatic N) is 2. The van der Waals surface area contributed by atoms with Gasteiger partial charge in [-0.25, -0.2) is 0 Å². The van der Waals surface area contributed by atoms with Crippen LogP contribution in [0.3, 0.4) is 0 Å². The molecule has 2 amide bonds. The van der Waals surface area contributed by atoms with Gasteiger partial charge in [-0.05, 0) is 74.8 Å². The average Bonchev–Trinajstić information content (AvgIpc) is 3.54. The molecular formula is C28H29ClN2O5. The number of ether oxygens (including phenoxy) is 1. The van der Waals surface area contributed by atoms with Crippen LogP contribution in [0, 0.1) is 5.92 Å². The number of likely N-dealkylation sites (tertiary alicyclic amines) is 1. The van der Waals surface area contributed by atoms with E-state index in [4.69, 9.17) is 4.74 Å². The van der Waals surface area contributed by atoms with Gasteiger partial charge in [0, 0.05) is 18.2 Å². The lowest BCUT2D eigenvalue weighted by Crippen LogP contribution is -2.78. The van der Waals surface area contributed by atoms with Crippen molar-refractivity contribution in [2.45, 2.75) is 67.7 Å². The van der Waals surface area contributed by atoms with Crippen molar-refractivity contribution in [3.63, 3.8) is 0 Å².